The fourth-order valence-electron chi connectivity index (χ4n) is 2.56. The first kappa shape index (κ1) is 15.6. The lowest BCUT2D eigenvalue weighted by Gasteiger charge is -2.40. The molecule has 1 aromatic rings. The number of nitrogens with zero attached hydrogens (tertiary/aromatic N) is 1. The fourth-order valence-corrected chi connectivity index (χ4v) is 2.74. The van der Waals surface area contributed by atoms with Crippen molar-refractivity contribution in [1.29, 1.82) is 0 Å². The van der Waals surface area contributed by atoms with Crippen LogP contribution in [-0.2, 0) is 9.59 Å². The van der Waals surface area contributed by atoms with Crippen LogP contribution in [0.15, 0.2) is 24.3 Å². The molecule has 2 heterocycles. The van der Waals surface area contributed by atoms with Gasteiger partial charge in [-0.3, -0.25) is 14.9 Å². The third-order valence-electron chi connectivity index (χ3n) is 3.77. The summed E-state index contributed by atoms with van der Waals surface area (Å²) in [6.45, 7) is 0.887. The molecule has 0 aliphatic carbocycles. The first-order chi connectivity index (χ1) is 11.0. The summed E-state index contributed by atoms with van der Waals surface area (Å²) in [5.41, 5.74) is 0. The number of hydrogen-bond acceptors (Lipinski definition) is 4. The summed E-state index contributed by atoms with van der Waals surface area (Å²) in [5, 5.41) is 5.25. The van der Waals surface area contributed by atoms with Gasteiger partial charge in [-0.05, 0) is 24.6 Å². The van der Waals surface area contributed by atoms with Crippen LogP contribution in [0.2, 0.25) is 5.02 Å². The summed E-state index contributed by atoms with van der Waals surface area (Å²) in [7, 11) is 0. The van der Waals surface area contributed by atoms with Crippen molar-refractivity contribution in [2.75, 3.05) is 13.1 Å². The van der Waals surface area contributed by atoms with Crippen molar-refractivity contribution >= 4 is 29.4 Å². The van der Waals surface area contributed by atoms with Crippen LogP contribution in [0.5, 0.6) is 5.75 Å². The molecule has 23 heavy (non-hydrogen) atoms. The number of benzene rings is 1. The molecule has 2 saturated heterocycles. The third kappa shape index (κ3) is 3.73. The van der Waals surface area contributed by atoms with Crippen LogP contribution < -0.4 is 15.4 Å². The maximum Gasteiger partial charge on any atom is 0.322 e. The van der Waals surface area contributed by atoms with Gasteiger partial charge in [-0.1, -0.05) is 17.7 Å². The van der Waals surface area contributed by atoms with Gasteiger partial charge in [0.05, 0.1) is 13.1 Å². The van der Waals surface area contributed by atoms with E-state index in [0.717, 1.165) is 0 Å². The Morgan fingerprint density at radius 3 is 2.83 bits per heavy atom. The van der Waals surface area contributed by atoms with E-state index < -0.39 is 12.1 Å². The molecule has 3 rings (SSSR count). The van der Waals surface area contributed by atoms with E-state index in [0.29, 0.717) is 30.3 Å². The molecule has 2 aliphatic heterocycles. The Kier molecular flexibility index (Phi) is 4.38. The molecule has 0 radical (unpaired) electrons. The van der Waals surface area contributed by atoms with Gasteiger partial charge in [0.2, 0.25) is 11.8 Å². The normalized spacial score (nSPS) is 21.8. The molecule has 122 valence electrons. The van der Waals surface area contributed by atoms with Crippen LogP contribution in [-0.4, -0.2) is 48.0 Å². The summed E-state index contributed by atoms with van der Waals surface area (Å²) < 4.78 is 5.73. The molecule has 1 atom stereocenters. The zero-order valence-corrected chi connectivity index (χ0v) is 13.0. The number of halogens is 1. The number of carbonyl (C=O) groups is 3. The summed E-state index contributed by atoms with van der Waals surface area (Å²) >= 11 is 5.89. The van der Waals surface area contributed by atoms with Gasteiger partial charge in [-0.2, -0.15) is 0 Å². The SMILES string of the molecule is O=C1CCC(C(=O)N2CC(Oc3cccc(Cl)c3)C2)NC(=O)N1. The van der Waals surface area contributed by atoms with Gasteiger partial charge in [-0.25, -0.2) is 4.79 Å². The molecule has 0 aromatic heterocycles. The van der Waals surface area contributed by atoms with Crippen LogP contribution >= 0.6 is 11.6 Å². The third-order valence-corrected chi connectivity index (χ3v) is 4.01. The highest BCUT2D eigenvalue weighted by Crippen LogP contribution is 2.22. The lowest BCUT2D eigenvalue weighted by molar-refractivity contribution is -0.142. The number of rotatable bonds is 3. The molecular formula is C15H16ClN3O4. The minimum Gasteiger partial charge on any atom is -0.487 e. The predicted molar refractivity (Wildman–Crippen MR) is 82.1 cm³/mol. The van der Waals surface area contributed by atoms with Crippen LogP contribution in [0, 0.1) is 0 Å². The molecule has 0 bridgehead atoms. The Hall–Kier alpha value is -2.28. The molecule has 4 amide bonds. The Morgan fingerprint density at radius 1 is 1.30 bits per heavy atom. The van der Waals surface area contributed by atoms with E-state index in [9.17, 15) is 14.4 Å². The summed E-state index contributed by atoms with van der Waals surface area (Å²) in [5.74, 6) is 0.0940. The van der Waals surface area contributed by atoms with E-state index >= 15 is 0 Å². The molecule has 0 saturated carbocycles. The Bertz CT molecular complexity index is 645. The standard InChI is InChI=1S/C15H16ClN3O4/c16-9-2-1-3-10(6-9)23-11-7-19(8-11)14(21)12-4-5-13(20)18-15(22)17-12/h1-3,6,11-12H,4-5,7-8H2,(H2,17,18,20,22). The lowest BCUT2D eigenvalue weighted by atomic mass is 10.1. The van der Waals surface area contributed by atoms with Crippen LogP contribution in [0.4, 0.5) is 4.79 Å². The van der Waals surface area contributed by atoms with Crippen molar-refractivity contribution in [3.8, 4) is 5.75 Å². The van der Waals surface area contributed by atoms with Crippen LogP contribution in [0.25, 0.3) is 0 Å². The van der Waals surface area contributed by atoms with Crippen LogP contribution in [0.3, 0.4) is 0 Å². The highest BCUT2D eigenvalue weighted by atomic mass is 35.5. The maximum absolute atomic E-state index is 12.3. The summed E-state index contributed by atoms with van der Waals surface area (Å²) in [6.07, 6.45) is 0.344. The number of ether oxygens (including phenoxy) is 1. The van der Waals surface area contributed by atoms with Gasteiger partial charge in [0.15, 0.2) is 0 Å². The average Bonchev–Trinajstić information content (AvgIpc) is 2.62. The van der Waals surface area contributed by atoms with Gasteiger partial charge in [0, 0.05) is 11.4 Å². The highest BCUT2D eigenvalue weighted by Gasteiger charge is 2.37. The first-order valence-corrected chi connectivity index (χ1v) is 7.70. The van der Waals surface area contributed by atoms with Gasteiger partial charge >= 0.3 is 6.03 Å². The Morgan fingerprint density at radius 2 is 2.09 bits per heavy atom. The van der Waals surface area contributed by atoms with E-state index in [1.165, 1.54) is 0 Å². The largest absolute Gasteiger partial charge is 0.487 e. The second-order valence-corrected chi connectivity index (χ2v) is 5.99. The van der Waals surface area contributed by atoms with E-state index in [4.69, 9.17) is 16.3 Å². The lowest BCUT2D eigenvalue weighted by Crippen LogP contribution is -2.61. The van der Waals surface area contributed by atoms with E-state index in [1.807, 2.05) is 0 Å². The van der Waals surface area contributed by atoms with Crippen LogP contribution in [0.1, 0.15) is 12.8 Å². The molecule has 8 heteroatoms. The van der Waals surface area contributed by atoms with Crippen molar-refractivity contribution in [1.82, 2.24) is 15.5 Å². The van der Waals surface area contributed by atoms with Crippen molar-refractivity contribution in [3.63, 3.8) is 0 Å². The second kappa shape index (κ2) is 6.45. The Labute approximate surface area is 137 Å². The quantitative estimate of drug-likeness (QED) is 0.858. The topological polar surface area (TPSA) is 87.7 Å². The highest BCUT2D eigenvalue weighted by molar-refractivity contribution is 6.30. The zero-order chi connectivity index (χ0) is 16.4. The van der Waals surface area contributed by atoms with Crippen molar-refractivity contribution in [2.24, 2.45) is 0 Å². The van der Waals surface area contributed by atoms with E-state index in [2.05, 4.69) is 10.6 Å². The zero-order valence-electron chi connectivity index (χ0n) is 12.3. The number of likely N-dealkylation sites (tertiary alicyclic amines) is 1. The minimum atomic E-state index is -0.673. The molecule has 1 aromatic carbocycles. The second-order valence-electron chi connectivity index (χ2n) is 5.55. The fraction of sp³-hybridized carbons (Fsp3) is 0.400. The molecule has 2 fully saturated rings. The van der Waals surface area contributed by atoms with Gasteiger partial charge in [-0.15, -0.1) is 0 Å². The predicted octanol–water partition coefficient (Wildman–Crippen LogP) is 0.918. The van der Waals surface area contributed by atoms with Crippen molar-refractivity contribution in [3.05, 3.63) is 29.3 Å². The number of amides is 4. The smallest absolute Gasteiger partial charge is 0.322 e. The number of carbonyl (C=O) groups excluding carboxylic acids is 3. The molecular weight excluding hydrogens is 322 g/mol. The van der Waals surface area contributed by atoms with E-state index in [1.54, 1.807) is 29.2 Å². The van der Waals surface area contributed by atoms with E-state index in [-0.39, 0.29) is 24.3 Å². The average molecular weight is 338 g/mol. The summed E-state index contributed by atoms with van der Waals surface area (Å²) in [6, 6.07) is 5.78. The minimum absolute atomic E-state index is 0.0985. The van der Waals surface area contributed by atoms with Crippen molar-refractivity contribution in [2.45, 2.75) is 25.0 Å². The first-order valence-electron chi connectivity index (χ1n) is 7.32. The number of urea groups is 1. The van der Waals surface area contributed by atoms with Gasteiger partial charge < -0.3 is 15.0 Å². The molecule has 2 aliphatic rings. The Balaban J connectivity index is 1.51. The monoisotopic (exact) mass is 337 g/mol. The van der Waals surface area contributed by atoms with Gasteiger partial charge in [0.1, 0.15) is 17.9 Å². The number of imide groups is 1. The van der Waals surface area contributed by atoms with Gasteiger partial charge in [0.25, 0.3) is 0 Å². The van der Waals surface area contributed by atoms with Crippen molar-refractivity contribution < 1.29 is 19.1 Å². The molecule has 0 spiro atoms. The maximum atomic E-state index is 12.3. The number of hydrogen-bond donors (Lipinski definition) is 2. The molecule has 7 nitrogen and oxygen atoms in total. The summed E-state index contributed by atoms with van der Waals surface area (Å²) in [4.78, 5) is 36.6. The number of nitrogens with one attached hydrogen (secondary N) is 2. The molecule has 2 N–H and O–H groups in total. The molecule has 1 unspecified atom stereocenters.